The van der Waals surface area contributed by atoms with Crippen LogP contribution in [-0.4, -0.2) is 24.9 Å². The second-order valence-corrected chi connectivity index (χ2v) is 6.92. The highest BCUT2D eigenvalue weighted by molar-refractivity contribution is 6.34. The Kier molecular flexibility index (Phi) is 3.49. The van der Waals surface area contributed by atoms with Gasteiger partial charge in [-0.2, -0.15) is 0 Å². The van der Waals surface area contributed by atoms with Crippen molar-refractivity contribution in [3.63, 3.8) is 0 Å². The molecule has 1 aromatic carbocycles. The minimum atomic E-state index is -0.597. The van der Waals surface area contributed by atoms with E-state index in [1.807, 2.05) is 0 Å². The zero-order valence-corrected chi connectivity index (χ0v) is 13.8. The Labute approximate surface area is 144 Å². The molecular formula is C18H16ClNO4. The zero-order valence-electron chi connectivity index (χ0n) is 13.1. The van der Waals surface area contributed by atoms with Gasteiger partial charge in [0.2, 0.25) is 11.8 Å². The van der Waals surface area contributed by atoms with Gasteiger partial charge in [-0.1, -0.05) is 23.8 Å². The minimum Gasteiger partial charge on any atom is -0.465 e. The number of carbonyl (C=O) groups is 3. The van der Waals surface area contributed by atoms with Crippen LogP contribution in [0.5, 0.6) is 0 Å². The summed E-state index contributed by atoms with van der Waals surface area (Å²) >= 11 is 6.03. The highest BCUT2D eigenvalue weighted by Crippen LogP contribution is 2.50. The molecular weight excluding hydrogens is 330 g/mol. The van der Waals surface area contributed by atoms with E-state index in [1.165, 1.54) is 24.1 Å². The van der Waals surface area contributed by atoms with Gasteiger partial charge in [0, 0.05) is 0 Å². The Morgan fingerprint density at radius 2 is 1.71 bits per heavy atom. The molecule has 4 atom stereocenters. The van der Waals surface area contributed by atoms with Gasteiger partial charge in [0.25, 0.3) is 0 Å². The largest absolute Gasteiger partial charge is 0.465 e. The highest BCUT2D eigenvalue weighted by atomic mass is 35.5. The molecule has 124 valence electrons. The Morgan fingerprint density at radius 1 is 1.12 bits per heavy atom. The van der Waals surface area contributed by atoms with Gasteiger partial charge in [-0.05, 0) is 42.9 Å². The third kappa shape index (κ3) is 2.04. The zero-order chi connectivity index (χ0) is 17.0. The number of amides is 2. The Balaban J connectivity index is 1.74. The third-order valence-electron chi connectivity index (χ3n) is 5.37. The lowest BCUT2D eigenvalue weighted by Gasteiger charge is -2.38. The van der Waals surface area contributed by atoms with Crippen LogP contribution in [0.3, 0.4) is 0 Å². The molecule has 1 saturated heterocycles. The second-order valence-electron chi connectivity index (χ2n) is 6.51. The lowest BCUT2D eigenvalue weighted by molar-refractivity contribution is -0.124. The van der Waals surface area contributed by atoms with Gasteiger partial charge in [0.05, 0.1) is 35.2 Å². The molecule has 0 N–H and O–H groups in total. The maximum absolute atomic E-state index is 12.9. The monoisotopic (exact) mass is 345 g/mol. The first-order chi connectivity index (χ1) is 11.5. The van der Waals surface area contributed by atoms with E-state index in [2.05, 4.69) is 12.2 Å². The molecule has 1 saturated carbocycles. The summed E-state index contributed by atoms with van der Waals surface area (Å²) in [4.78, 5) is 38.8. The molecule has 2 fully saturated rings. The lowest BCUT2D eigenvalue weighted by Crippen LogP contribution is -2.38. The molecule has 24 heavy (non-hydrogen) atoms. The Bertz CT molecular complexity index is 755. The summed E-state index contributed by atoms with van der Waals surface area (Å²) in [6.07, 6.45) is 6.05. The van der Waals surface area contributed by atoms with Crippen molar-refractivity contribution in [3.8, 4) is 0 Å². The highest BCUT2D eigenvalue weighted by Gasteiger charge is 2.56. The van der Waals surface area contributed by atoms with E-state index in [0.29, 0.717) is 5.69 Å². The topological polar surface area (TPSA) is 63.7 Å². The molecule has 1 heterocycles. The molecule has 2 amide bonds. The van der Waals surface area contributed by atoms with Crippen molar-refractivity contribution < 1.29 is 19.1 Å². The molecule has 3 aliphatic carbocycles. The number of ether oxygens (including phenoxy) is 1. The summed E-state index contributed by atoms with van der Waals surface area (Å²) in [6.45, 7) is 0. The predicted octanol–water partition coefficient (Wildman–Crippen LogP) is 2.83. The third-order valence-corrected chi connectivity index (χ3v) is 5.70. The fourth-order valence-corrected chi connectivity index (χ4v) is 4.44. The van der Waals surface area contributed by atoms with Gasteiger partial charge < -0.3 is 4.74 Å². The van der Waals surface area contributed by atoms with Crippen LogP contribution < -0.4 is 4.90 Å². The van der Waals surface area contributed by atoms with Gasteiger partial charge in [-0.15, -0.1) is 0 Å². The molecule has 5 rings (SSSR count). The van der Waals surface area contributed by atoms with Crippen molar-refractivity contribution in [2.24, 2.45) is 23.7 Å². The minimum absolute atomic E-state index is 0.133. The number of benzene rings is 1. The summed E-state index contributed by atoms with van der Waals surface area (Å²) in [5.74, 6) is -1.25. The maximum atomic E-state index is 12.9. The average Bonchev–Trinajstić information content (AvgIpc) is 2.89. The number of imide groups is 1. The summed E-state index contributed by atoms with van der Waals surface area (Å²) in [6, 6.07) is 4.56. The van der Waals surface area contributed by atoms with Crippen LogP contribution in [0.25, 0.3) is 0 Å². The maximum Gasteiger partial charge on any atom is 0.339 e. The number of hydrogen-bond donors (Lipinski definition) is 0. The molecule has 0 aromatic heterocycles. The predicted molar refractivity (Wildman–Crippen MR) is 87.6 cm³/mol. The molecule has 0 unspecified atom stereocenters. The van der Waals surface area contributed by atoms with E-state index in [-0.39, 0.29) is 46.1 Å². The quantitative estimate of drug-likeness (QED) is 0.469. The number of rotatable bonds is 2. The van der Waals surface area contributed by atoms with Crippen molar-refractivity contribution >= 4 is 35.1 Å². The summed E-state index contributed by atoms with van der Waals surface area (Å²) < 4.78 is 4.71. The van der Waals surface area contributed by atoms with Crippen LogP contribution in [0.1, 0.15) is 23.2 Å². The molecule has 2 bridgehead atoms. The van der Waals surface area contributed by atoms with Crippen LogP contribution in [0.15, 0.2) is 30.4 Å². The van der Waals surface area contributed by atoms with E-state index < -0.39 is 5.97 Å². The van der Waals surface area contributed by atoms with Crippen LogP contribution in [-0.2, 0) is 14.3 Å². The number of carbonyl (C=O) groups excluding carboxylic acids is 3. The summed E-state index contributed by atoms with van der Waals surface area (Å²) in [7, 11) is 1.26. The number of halogens is 1. The summed E-state index contributed by atoms with van der Waals surface area (Å²) in [5.41, 5.74) is 0.525. The molecule has 6 heteroatoms. The Hall–Kier alpha value is -2.14. The number of nitrogens with zero attached hydrogens (tertiary/aromatic N) is 1. The molecule has 5 nitrogen and oxygen atoms in total. The van der Waals surface area contributed by atoms with Crippen LogP contribution in [0.4, 0.5) is 5.69 Å². The van der Waals surface area contributed by atoms with Crippen molar-refractivity contribution in [3.05, 3.63) is 40.9 Å². The van der Waals surface area contributed by atoms with E-state index in [1.54, 1.807) is 6.07 Å². The van der Waals surface area contributed by atoms with Gasteiger partial charge >= 0.3 is 5.97 Å². The lowest BCUT2D eigenvalue weighted by atomic mass is 9.63. The fourth-order valence-electron chi connectivity index (χ4n) is 4.25. The van der Waals surface area contributed by atoms with E-state index in [4.69, 9.17) is 16.3 Å². The molecule has 0 spiro atoms. The molecule has 4 aliphatic rings. The van der Waals surface area contributed by atoms with E-state index >= 15 is 0 Å². The first-order valence-corrected chi connectivity index (χ1v) is 8.34. The van der Waals surface area contributed by atoms with E-state index in [9.17, 15) is 14.4 Å². The fraction of sp³-hybridized carbons (Fsp3) is 0.389. The number of allylic oxidation sites excluding steroid dienone is 2. The van der Waals surface area contributed by atoms with Gasteiger partial charge in [-0.25, -0.2) is 9.69 Å². The van der Waals surface area contributed by atoms with Crippen molar-refractivity contribution in [1.82, 2.24) is 0 Å². The van der Waals surface area contributed by atoms with Crippen molar-refractivity contribution in [1.29, 1.82) is 0 Å². The van der Waals surface area contributed by atoms with Crippen LogP contribution >= 0.6 is 11.6 Å². The van der Waals surface area contributed by atoms with Gasteiger partial charge in [0.1, 0.15) is 0 Å². The molecule has 1 aliphatic heterocycles. The summed E-state index contributed by atoms with van der Waals surface area (Å²) in [5, 5.41) is 0.226. The number of methoxy groups -OCH3 is 1. The SMILES string of the molecule is COC(=O)c1cc(N2C(=O)[C@H]3[C@H](C2=O)[C@@H]2C=C[C@@H]3CC2)ccc1Cl. The number of hydrogen-bond acceptors (Lipinski definition) is 4. The van der Waals surface area contributed by atoms with Crippen molar-refractivity contribution in [2.75, 3.05) is 12.0 Å². The standard InChI is InChI=1S/C18H16ClNO4/c1-24-18(23)12-8-11(6-7-13(12)19)20-16(21)14-9-2-3-10(5-4-9)15(14)17(20)22/h2-3,6-10,14-15H,4-5H2,1H3/t9-,10-,14-,15-/m1/s1. The number of fused-ring (bicyclic) bond motifs is 1. The number of esters is 1. The Morgan fingerprint density at radius 3 is 2.21 bits per heavy atom. The second kappa shape index (κ2) is 5.45. The van der Waals surface area contributed by atoms with Gasteiger partial charge in [-0.3, -0.25) is 9.59 Å². The van der Waals surface area contributed by atoms with Crippen molar-refractivity contribution in [2.45, 2.75) is 12.8 Å². The van der Waals surface area contributed by atoms with Crippen LogP contribution in [0.2, 0.25) is 5.02 Å². The van der Waals surface area contributed by atoms with E-state index in [0.717, 1.165) is 12.8 Å². The number of anilines is 1. The average molecular weight is 346 g/mol. The van der Waals surface area contributed by atoms with Gasteiger partial charge in [0.15, 0.2) is 0 Å². The first kappa shape index (κ1) is 15.4. The van der Waals surface area contributed by atoms with Crippen LogP contribution in [0, 0.1) is 23.7 Å². The normalized spacial score (nSPS) is 30.7. The molecule has 1 aromatic rings. The first-order valence-electron chi connectivity index (χ1n) is 7.97. The molecule has 0 radical (unpaired) electrons. The smallest absolute Gasteiger partial charge is 0.339 e.